The highest BCUT2D eigenvalue weighted by molar-refractivity contribution is 5.39. The van der Waals surface area contributed by atoms with Crippen LogP contribution in [0.5, 0.6) is 0 Å². The summed E-state index contributed by atoms with van der Waals surface area (Å²) in [6, 6.07) is 1.28. The molecule has 4 nitrogen and oxygen atoms in total. The van der Waals surface area contributed by atoms with Gasteiger partial charge in [-0.25, -0.2) is 4.39 Å². The van der Waals surface area contributed by atoms with Crippen LogP contribution < -0.4 is 0 Å². The summed E-state index contributed by atoms with van der Waals surface area (Å²) < 4.78 is 13.5. The molecule has 0 bridgehead atoms. The van der Waals surface area contributed by atoms with Gasteiger partial charge in [0.2, 0.25) is 0 Å². The predicted molar refractivity (Wildman–Crippen MR) is 50.1 cm³/mol. The minimum absolute atomic E-state index is 0.000278. The summed E-state index contributed by atoms with van der Waals surface area (Å²) in [6.45, 7) is -1.94. The van der Waals surface area contributed by atoms with E-state index in [0.717, 1.165) is 0 Å². The molecular formula is C10H13FO4. The number of benzene rings is 1. The fraction of sp³-hybridized carbons (Fsp3) is 0.400. The zero-order chi connectivity index (χ0) is 11.4. The van der Waals surface area contributed by atoms with Gasteiger partial charge in [0.05, 0.1) is 26.4 Å². The summed E-state index contributed by atoms with van der Waals surface area (Å²) >= 11 is 0. The SMILES string of the molecule is OCc1cc(CO)c(CO)c(CO)c1F. The van der Waals surface area contributed by atoms with Gasteiger partial charge in [-0.1, -0.05) is 0 Å². The van der Waals surface area contributed by atoms with Crippen LogP contribution in [0, 0.1) is 5.82 Å². The van der Waals surface area contributed by atoms with E-state index in [-0.39, 0.29) is 23.3 Å². The lowest BCUT2D eigenvalue weighted by Gasteiger charge is -2.13. The number of hydrogen-bond acceptors (Lipinski definition) is 4. The first-order valence-corrected chi connectivity index (χ1v) is 4.45. The molecule has 0 atom stereocenters. The Balaban J connectivity index is 3.43. The smallest absolute Gasteiger partial charge is 0.134 e. The van der Waals surface area contributed by atoms with Crippen LogP contribution in [0.2, 0.25) is 0 Å². The van der Waals surface area contributed by atoms with Crippen LogP contribution in [0.25, 0.3) is 0 Å². The van der Waals surface area contributed by atoms with E-state index in [1.807, 2.05) is 0 Å². The normalized spacial score (nSPS) is 10.7. The van der Waals surface area contributed by atoms with Gasteiger partial charge in [-0.15, -0.1) is 0 Å². The van der Waals surface area contributed by atoms with E-state index in [2.05, 4.69) is 0 Å². The van der Waals surface area contributed by atoms with Crippen molar-refractivity contribution in [1.29, 1.82) is 0 Å². The Hall–Kier alpha value is -1.01. The molecule has 15 heavy (non-hydrogen) atoms. The second kappa shape index (κ2) is 5.18. The predicted octanol–water partition coefficient (Wildman–Crippen LogP) is -0.205. The van der Waals surface area contributed by atoms with Crippen LogP contribution >= 0.6 is 0 Å². The molecule has 4 N–H and O–H groups in total. The van der Waals surface area contributed by atoms with Crippen LogP contribution in [-0.4, -0.2) is 20.4 Å². The second-order valence-corrected chi connectivity index (χ2v) is 3.10. The number of rotatable bonds is 4. The van der Waals surface area contributed by atoms with Crippen molar-refractivity contribution < 1.29 is 24.8 Å². The lowest BCUT2D eigenvalue weighted by atomic mass is 9.98. The second-order valence-electron chi connectivity index (χ2n) is 3.10. The molecule has 1 rings (SSSR count). The molecule has 0 aliphatic rings. The van der Waals surface area contributed by atoms with Crippen molar-refractivity contribution in [2.75, 3.05) is 0 Å². The number of halogens is 1. The molecular weight excluding hydrogens is 203 g/mol. The van der Waals surface area contributed by atoms with Crippen LogP contribution in [0.1, 0.15) is 22.3 Å². The van der Waals surface area contributed by atoms with E-state index < -0.39 is 25.6 Å². The molecule has 1 aromatic rings. The molecule has 0 aromatic heterocycles. The summed E-state index contributed by atoms with van der Waals surface area (Å²) in [5.41, 5.74) is 0.412. The van der Waals surface area contributed by atoms with E-state index in [9.17, 15) is 4.39 Å². The maximum Gasteiger partial charge on any atom is 0.134 e. The molecule has 0 spiro atoms. The molecule has 1 aromatic carbocycles. The molecule has 0 radical (unpaired) electrons. The van der Waals surface area contributed by atoms with Crippen molar-refractivity contribution in [3.05, 3.63) is 34.1 Å². The van der Waals surface area contributed by atoms with Crippen molar-refractivity contribution in [1.82, 2.24) is 0 Å². The van der Waals surface area contributed by atoms with Gasteiger partial charge in [0, 0.05) is 11.1 Å². The number of aliphatic hydroxyl groups excluding tert-OH is 4. The van der Waals surface area contributed by atoms with Crippen LogP contribution in [-0.2, 0) is 26.4 Å². The summed E-state index contributed by atoms with van der Waals surface area (Å²) in [5.74, 6) is -0.735. The molecule has 0 fully saturated rings. The molecule has 84 valence electrons. The zero-order valence-corrected chi connectivity index (χ0v) is 8.07. The van der Waals surface area contributed by atoms with Gasteiger partial charge in [0.25, 0.3) is 0 Å². The Kier molecular flexibility index (Phi) is 4.16. The maximum absolute atomic E-state index is 13.5. The van der Waals surface area contributed by atoms with Gasteiger partial charge in [-0.2, -0.15) is 0 Å². The first-order valence-electron chi connectivity index (χ1n) is 4.45. The van der Waals surface area contributed by atoms with E-state index in [1.54, 1.807) is 0 Å². The highest BCUT2D eigenvalue weighted by Crippen LogP contribution is 2.23. The van der Waals surface area contributed by atoms with Crippen molar-refractivity contribution in [3.63, 3.8) is 0 Å². The van der Waals surface area contributed by atoms with Crippen LogP contribution in [0.15, 0.2) is 6.07 Å². The Morgan fingerprint density at radius 3 is 1.73 bits per heavy atom. The van der Waals surface area contributed by atoms with Crippen molar-refractivity contribution in [2.45, 2.75) is 26.4 Å². The third kappa shape index (κ3) is 2.15. The lowest BCUT2D eigenvalue weighted by Crippen LogP contribution is -2.07. The first kappa shape index (κ1) is 12.1. The van der Waals surface area contributed by atoms with E-state index in [4.69, 9.17) is 20.4 Å². The summed E-state index contributed by atoms with van der Waals surface area (Å²) in [5, 5.41) is 35.8. The number of hydrogen-bond donors (Lipinski definition) is 4. The van der Waals surface area contributed by atoms with E-state index in [0.29, 0.717) is 5.56 Å². The van der Waals surface area contributed by atoms with Crippen molar-refractivity contribution in [2.24, 2.45) is 0 Å². The highest BCUT2D eigenvalue weighted by atomic mass is 19.1. The van der Waals surface area contributed by atoms with Crippen LogP contribution in [0.4, 0.5) is 4.39 Å². The summed E-state index contributed by atoms with van der Waals surface area (Å²) in [7, 11) is 0. The third-order valence-corrected chi connectivity index (χ3v) is 2.30. The third-order valence-electron chi connectivity index (χ3n) is 2.30. The summed E-state index contributed by atoms with van der Waals surface area (Å²) in [6.07, 6.45) is 0. The van der Waals surface area contributed by atoms with Gasteiger partial charge in [0.15, 0.2) is 0 Å². The topological polar surface area (TPSA) is 80.9 Å². The van der Waals surface area contributed by atoms with Gasteiger partial charge < -0.3 is 20.4 Å². The molecule has 0 saturated heterocycles. The molecule has 0 amide bonds. The monoisotopic (exact) mass is 216 g/mol. The first-order chi connectivity index (χ1) is 7.19. The zero-order valence-electron chi connectivity index (χ0n) is 8.07. The van der Waals surface area contributed by atoms with Crippen LogP contribution in [0.3, 0.4) is 0 Å². The minimum atomic E-state index is -0.735. The lowest BCUT2D eigenvalue weighted by molar-refractivity contribution is 0.239. The molecule has 0 aliphatic heterocycles. The molecule has 0 unspecified atom stereocenters. The largest absolute Gasteiger partial charge is 0.392 e. The molecule has 0 heterocycles. The fourth-order valence-electron chi connectivity index (χ4n) is 1.50. The number of aliphatic hydroxyl groups is 4. The van der Waals surface area contributed by atoms with Gasteiger partial charge in [-0.05, 0) is 17.2 Å². The van der Waals surface area contributed by atoms with E-state index in [1.165, 1.54) is 6.07 Å². The van der Waals surface area contributed by atoms with Crippen molar-refractivity contribution in [3.8, 4) is 0 Å². The Morgan fingerprint density at radius 2 is 1.33 bits per heavy atom. The highest BCUT2D eigenvalue weighted by Gasteiger charge is 2.16. The average Bonchev–Trinajstić information content (AvgIpc) is 2.28. The van der Waals surface area contributed by atoms with Gasteiger partial charge in [-0.3, -0.25) is 0 Å². The minimum Gasteiger partial charge on any atom is -0.392 e. The van der Waals surface area contributed by atoms with E-state index >= 15 is 0 Å². The maximum atomic E-state index is 13.5. The Morgan fingerprint density at radius 1 is 0.800 bits per heavy atom. The average molecular weight is 216 g/mol. The fourth-order valence-corrected chi connectivity index (χ4v) is 1.50. The molecule has 0 aliphatic carbocycles. The van der Waals surface area contributed by atoms with Crippen molar-refractivity contribution >= 4 is 0 Å². The van der Waals surface area contributed by atoms with Gasteiger partial charge >= 0.3 is 0 Å². The molecule has 0 saturated carbocycles. The quantitative estimate of drug-likeness (QED) is 0.561. The Bertz CT molecular complexity index is 352. The van der Waals surface area contributed by atoms with Gasteiger partial charge in [0.1, 0.15) is 5.82 Å². The Labute approximate surface area is 86.2 Å². The molecule has 5 heteroatoms. The summed E-state index contributed by atoms with van der Waals surface area (Å²) in [4.78, 5) is 0. The standard InChI is InChI=1S/C10H13FO4/c11-10-7(3-13)1-6(2-12)8(4-14)9(10)5-15/h1,12-15H,2-5H2.